The molecule has 1 unspecified atom stereocenters. The lowest BCUT2D eigenvalue weighted by molar-refractivity contribution is 0.311. The van der Waals surface area contributed by atoms with Crippen molar-refractivity contribution < 1.29 is 4.39 Å². The zero-order valence-corrected chi connectivity index (χ0v) is 11.3. The number of rotatable bonds is 1. The summed E-state index contributed by atoms with van der Waals surface area (Å²) in [6, 6.07) is 0. The van der Waals surface area contributed by atoms with Gasteiger partial charge in [-0.05, 0) is 12.8 Å². The maximum Gasteiger partial charge on any atom is 0.192 e. The minimum absolute atomic E-state index is 0.127. The molecule has 0 radical (unpaired) electrons. The lowest BCUT2D eigenvalue weighted by atomic mass is 9.94. The predicted molar refractivity (Wildman–Crippen MR) is 69.0 cm³/mol. The van der Waals surface area contributed by atoms with Crippen molar-refractivity contribution in [3.05, 3.63) is 11.9 Å². The summed E-state index contributed by atoms with van der Waals surface area (Å²) in [7, 11) is 0. The number of hydrogen-bond donors (Lipinski definition) is 1. The topological polar surface area (TPSA) is 30.7 Å². The summed E-state index contributed by atoms with van der Waals surface area (Å²) in [6.45, 7) is 6.20. The summed E-state index contributed by atoms with van der Waals surface area (Å²) in [6.07, 6.45) is 3.10. The van der Waals surface area contributed by atoms with Crippen molar-refractivity contribution in [3.63, 3.8) is 0 Å². The second-order valence-electron chi connectivity index (χ2n) is 5.48. The van der Waals surface area contributed by atoms with Crippen LogP contribution in [0.1, 0.15) is 45.9 Å². The maximum atomic E-state index is 13.5. The number of thiol groups is 1. The van der Waals surface area contributed by atoms with Crippen molar-refractivity contribution in [1.29, 1.82) is 0 Å². The third kappa shape index (κ3) is 2.54. The Morgan fingerprint density at radius 3 is 2.71 bits per heavy atom. The van der Waals surface area contributed by atoms with E-state index in [1.165, 1.54) is 0 Å². The van der Waals surface area contributed by atoms with Crippen LogP contribution >= 0.6 is 12.6 Å². The van der Waals surface area contributed by atoms with Crippen LogP contribution in [0.4, 0.5) is 4.39 Å². The third-order valence-electron chi connectivity index (χ3n) is 2.89. The SMILES string of the molecule is CC(C)(C)c1nnc(S)n1C1=CCCC(F)C1. The van der Waals surface area contributed by atoms with Gasteiger partial charge in [0.2, 0.25) is 0 Å². The molecule has 0 aliphatic heterocycles. The first-order valence-corrected chi connectivity index (χ1v) is 6.32. The summed E-state index contributed by atoms with van der Waals surface area (Å²) in [5.74, 6) is 0.836. The van der Waals surface area contributed by atoms with Crippen molar-refractivity contribution in [1.82, 2.24) is 14.8 Å². The normalized spacial score (nSPS) is 21.5. The molecule has 3 nitrogen and oxygen atoms in total. The first-order valence-electron chi connectivity index (χ1n) is 5.88. The molecule has 1 aliphatic rings. The average molecular weight is 255 g/mol. The minimum atomic E-state index is -0.766. The molecule has 0 N–H and O–H groups in total. The Hall–Kier alpha value is -0.840. The van der Waals surface area contributed by atoms with Gasteiger partial charge in [-0.3, -0.25) is 4.57 Å². The van der Waals surface area contributed by atoms with Gasteiger partial charge in [0.15, 0.2) is 5.16 Å². The Morgan fingerprint density at radius 1 is 1.41 bits per heavy atom. The Balaban J connectivity index is 2.44. The van der Waals surface area contributed by atoms with Gasteiger partial charge in [-0.25, -0.2) is 4.39 Å². The van der Waals surface area contributed by atoms with E-state index in [1.54, 1.807) is 0 Å². The van der Waals surface area contributed by atoms with E-state index in [-0.39, 0.29) is 5.41 Å². The van der Waals surface area contributed by atoms with E-state index in [0.717, 1.165) is 17.9 Å². The lowest BCUT2D eigenvalue weighted by Crippen LogP contribution is -2.21. The average Bonchev–Trinajstić information content (AvgIpc) is 2.59. The molecule has 0 fully saturated rings. The van der Waals surface area contributed by atoms with Crippen molar-refractivity contribution in [2.24, 2.45) is 0 Å². The van der Waals surface area contributed by atoms with E-state index in [0.29, 0.717) is 18.0 Å². The quantitative estimate of drug-likeness (QED) is 0.781. The van der Waals surface area contributed by atoms with Crippen LogP contribution in [-0.2, 0) is 5.41 Å². The molecule has 2 rings (SSSR count). The van der Waals surface area contributed by atoms with Crippen LogP contribution in [0.3, 0.4) is 0 Å². The molecule has 94 valence electrons. The molecule has 0 spiro atoms. The standard InChI is InChI=1S/C12H18FN3S/c1-12(2,3)10-14-15-11(17)16(10)9-6-4-5-8(13)7-9/h6,8H,4-5,7H2,1-3H3,(H,15,17). The molecule has 5 heteroatoms. The van der Waals surface area contributed by atoms with Crippen LogP contribution in [0.5, 0.6) is 0 Å². The molecular formula is C12H18FN3S. The highest BCUT2D eigenvalue weighted by Crippen LogP contribution is 2.31. The fourth-order valence-corrected chi connectivity index (χ4v) is 2.32. The Kier molecular flexibility index (Phi) is 3.30. The van der Waals surface area contributed by atoms with Crippen molar-refractivity contribution >= 4 is 18.3 Å². The smallest absolute Gasteiger partial charge is 0.192 e. The van der Waals surface area contributed by atoms with E-state index in [1.807, 2.05) is 4.57 Å². The van der Waals surface area contributed by atoms with E-state index in [9.17, 15) is 4.39 Å². The van der Waals surface area contributed by atoms with Crippen LogP contribution in [0.2, 0.25) is 0 Å². The van der Waals surface area contributed by atoms with Crippen LogP contribution < -0.4 is 0 Å². The van der Waals surface area contributed by atoms with Gasteiger partial charge in [0, 0.05) is 17.5 Å². The van der Waals surface area contributed by atoms with E-state index in [4.69, 9.17) is 0 Å². The van der Waals surface area contributed by atoms with Gasteiger partial charge >= 0.3 is 0 Å². The monoisotopic (exact) mass is 255 g/mol. The highest BCUT2D eigenvalue weighted by molar-refractivity contribution is 7.80. The van der Waals surface area contributed by atoms with Gasteiger partial charge in [0.1, 0.15) is 12.0 Å². The molecule has 1 aromatic rings. The first kappa shape index (κ1) is 12.6. The van der Waals surface area contributed by atoms with Gasteiger partial charge in [0.05, 0.1) is 0 Å². The number of nitrogens with zero attached hydrogens (tertiary/aromatic N) is 3. The maximum absolute atomic E-state index is 13.5. The second-order valence-corrected chi connectivity index (χ2v) is 5.88. The van der Waals surface area contributed by atoms with Gasteiger partial charge < -0.3 is 0 Å². The van der Waals surface area contributed by atoms with Crippen molar-refractivity contribution in [3.8, 4) is 0 Å². The lowest BCUT2D eigenvalue weighted by Gasteiger charge is -2.23. The highest BCUT2D eigenvalue weighted by atomic mass is 32.1. The van der Waals surface area contributed by atoms with E-state index < -0.39 is 6.17 Å². The molecule has 1 aliphatic carbocycles. The van der Waals surface area contributed by atoms with Crippen LogP contribution in [0.25, 0.3) is 5.70 Å². The minimum Gasteiger partial charge on any atom is -0.278 e. The number of alkyl halides is 1. The first-order chi connectivity index (χ1) is 7.89. The van der Waals surface area contributed by atoms with Gasteiger partial charge in [0.25, 0.3) is 0 Å². The molecule has 1 atom stereocenters. The third-order valence-corrected chi connectivity index (χ3v) is 3.18. The van der Waals surface area contributed by atoms with Crippen molar-refractivity contribution in [2.45, 2.75) is 56.8 Å². The molecular weight excluding hydrogens is 237 g/mol. The van der Waals surface area contributed by atoms with Gasteiger partial charge in [-0.15, -0.1) is 22.8 Å². The summed E-state index contributed by atoms with van der Waals surface area (Å²) in [5.41, 5.74) is 0.807. The number of hydrogen-bond acceptors (Lipinski definition) is 3. The Labute approximate surface area is 107 Å². The highest BCUT2D eigenvalue weighted by Gasteiger charge is 2.26. The molecule has 1 aromatic heterocycles. The van der Waals surface area contributed by atoms with E-state index in [2.05, 4.69) is 49.7 Å². The molecule has 17 heavy (non-hydrogen) atoms. The summed E-state index contributed by atoms with van der Waals surface area (Å²) < 4.78 is 15.3. The van der Waals surface area contributed by atoms with Gasteiger partial charge in [-0.1, -0.05) is 26.8 Å². The largest absolute Gasteiger partial charge is 0.278 e. The van der Waals surface area contributed by atoms with Crippen LogP contribution in [0.15, 0.2) is 11.2 Å². The molecule has 0 amide bonds. The van der Waals surface area contributed by atoms with E-state index >= 15 is 0 Å². The number of halogens is 1. The summed E-state index contributed by atoms with van der Waals surface area (Å²) in [5, 5.41) is 8.69. The zero-order chi connectivity index (χ0) is 12.6. The molecule has 1 heterocycles. The van der Waals surface area contributed by atoms with Gasteiger partial charge in [-0.2, -0.15) is 0 Å². The fraction of sp³-hybridized carbons (Fsp3) is 0.667. The Bertz CT molecular complexity index is 445. The molecule has 0 saturated heterocycles. The van der Waals surface area contributed by atoms with Crippen LogP contribution in [0, 0.1) is 0 Å². The van der Waals surface area contributed by atoms with Crippen LogP contribution in [-0.4, -0.2) is 20.9 Å². The molecule has 0 bridgehead atoms. The zero-order valence-electron chi connectivity index (χ0n) is 10.4. The molecule has 0 aromatic carbocycles. The predicted octanol–water partition coefficient (Wildman–Crippen LogP) is 3.23. The number of aromatic nitrogens is 3. The van der Waals surface area contributed by atoms with Crippen molar-refractivity contribution in [2.75, 3.05) is 0 Å². The Morgan fingerprint density at radius 2 is 2.12 bits per heavy atom. The fourth-order valence-electron chi connectivity index (χ4n) is 2.05. The summed E-state index contributed by atoms with van der Waals surface area (Å²) >= 11 is 4.32. The summed E-state index contributed by atoms with van der Waals surface area (Å²) in [4.78, 5) is 0. The molecule has 0 saturated carbocycles. The second kappa shape index (κ2) is 4.44. The number of allylic oxidation sites excluding steroid dienone is 2.